The molecule has 0 amide bonds. The molecule has 0 aliphatic rings. The zero-order chi connectivity index (χ0) is 12.8. The fraction of sp³-hybridized carbons (Fsp3) is 0.333. The molecule has 0 unspecified atom stereocenters. The number of benzene rings is 1. The van der Waals surface area contributed by atoms with E-state index in [1.54, 1.807) is 18.1 Å². The lowest BCUT2D eigenvalue weighted by molar-refractivity contribution is 0.343. The molecule has 0 atom stereocenters. The molecule has 0 radical (unpaired) electrons. The molecule has 1 aromatic carbocycles. The van der Waals surface area contributed by atoms with E-state index in [0.29, 0.717) is 13.2 Å². The van der Waals surface area contributed by atoms with Crippen LogP contribution in [0.3, 0.4) is 0 Å². The molecule has 1 heterocycles. The van der Waals surface area contributed by atoms with Gasteiger partial charge in [-0.25, -0.2) is 0 Å². The average molecular weight is 264 g/mol. The smallest absolute Gasteiger partial charge is 0.190 e. The van der Waals surface area contributed by atoms with Crippen molar-refractivity contribution in [3.63, 3.8) is 0 Å². The maximum Gasteiger partial charge on any atom is 0.190 e. The van der Waals surface area contributed by atoms with E-state index in [4.69, 9.17) is 10.5 Å². The Morgan fingerprint density at radius 2 is 2.11 bits per heavy atom. The molecule has 96 valence electrons. The lowest BCUT2D eigenvalue weighted by Crippen LogP contribution is -2.02. The summed E-state index contributed by atoms with van der Waals surface area (Å²) in [6, 6.07) is 7.83. The highest BCUT2D eigenvalue weighted by Crippen LogP contribution is 2.15. The largest absolute Gasteiger partial charge is 0.493 e. The van der Waals surface area contributed by atoms with Crippen molar-refractivity contribution in [1.82, 2.24) is 14.8 Å². The number of thioether (sulfide) groups is 1. The summed E-state index contributed by atoms with van der Waals surface area (Å²) in [6.45, 7) is 1.20. The van der Waals surface area contributed by atoms with Gasteiger partial charge >= 0.3 is 0 Å². The minimum atomic E-state index is 0.558. The second-order valence-electron chi connectivity index (χ2n) is 3.77. The molecule has 2 aromatic rings. The van der Waals surface area contributed by atoms with E-state index in [-0.39, 0.29) is 0 Å². The average Bonchev–Trinajstić information content (AvgIpc) is 2.81. The molecule has 0 aliphatic carbocycles. The minimum absolute atomic E-state index is 0.558. The first-order valence-electron chi connectivity index (χ1n) is 5.68. The van der Waals surface area contributed by atoms with Crippen molar-refractivity contribution in [3.05, 3.63) is 36.2 Å². The summed E-state index contributed by atoms with van der Waals surface area (Å²) in [4.78, 5) is 0. The Hall–Kier alpha value is -1.53. The summed E-state index contributed by atoms with van der Waals surface area (Å²) in [5, 5.41) is 8.71. The van der Waals surface area contributed by atoms with Crippen molar-refractivity contribution in [1.29, 1.82) is 0 Å². The molecule has 6 heteroatoms. The first-order valence-corrected chi connectivity index (χ1v) is 6.67. The van der Waals surface area contributed by atoms with E-state index in [2.05, 4.69) is 10.2 Å². The maximum absolute atomic E-state index is 5.62. The van der Waals surface area contributed by atoms with E-state index in [1.165, 1.54) is 0 Å². The molecule has 0 aliphatic heterocycles. The molecule has 2 rings (SSSR count). The Morgan fingerprint density at radius 3 is 2.72 bits per heavy atom. The van der Waals surface area contributed by atoms with Crippen LogP contribution in [-0.2, 0) is 13.6 Å². The normalized spacial score (nSPS) is 10.6. The van der Waals surface area contributed by atoms with Gasteiger partial charge in [0.15, 0.2) is 5.16 Å². The Bertz CT molecular complexity index is 483. The molecular formula is C12H16N4OS. The lowest BCUT2D eigenvalue weighted by Gasteiger charge is -2.06. The summed E-state index contributed by atoms with van der Waals surface area (Å²) < 4.78 is 7.51. The summed E-state index contributed by atoms with van der Waals surface area (Å²) in [7, 11) is 1.93. The van der Waals surface area contributed by atoms with Gasteiger partial charge in [-0.05, 0) is 17.7 Å². The van der Waals surface area contributed by atoms with Crippen LogP contribution in [0, 0.1) is 0 Å². The van der Waals surface area contributed by atoms with Crippen LogP contribution < -0.4 is 10.5 Å². The van der Waals surface area contributed by atoms with Gasteiger partial charge in [-0.2, -0.15) is 0 Å². The van der Waals surface area contributed by atoms with E-state index in [9.17, 15) is 0 Å². The zero-order valence-corrected chi connectivity index (χ0v) is 11.1. The minimum Gasteiger partial charge on any atom is -0.493 e. The SMILES string of the molecule is Cn1cnnc1SCCOc1ccc(CN)cc1. The number of hydrogen-bond donors (Lipinski definition) is 1. The van der Waals surface area contributed by atoms with Crippen LogP contribution in [-0.4, -0.2) is 27.1 Å². The fourth-order valence-electron chi connectivity index (χ4n) is 1.42. The monoisotopic (exact) mass is 264 g/mol. The summed E-state index contributed by atoms with van der Waals surface area (Å²) >= 11 is 1.62. The third-order valence-electron chi connectivity index (χ3n) is 2.41. The van der Waals surface area contributed by atoms with Gasteiger partial charge in [-0.15, -0.1) is 10.2 Å². The van der Waals surface area contributed by atoms with Gasteiger partial charge < -0.3 is 15.0 Å². The number of aryl methyl sites for hydroxylation is 1. The van der Waals surface area contributed by atoms with E-state index in [1.807, 2.05) is 35.9 Å². The van der Waals surface area contributed by atoms with E-state index < -0.39 is 0 Å². The predicted octanol–water partition coefficient (Wildman–Crippen LogP) is 1.44. The van der Waals surface area contributed by atoms with Gasteiger partial charge in [0.25, 0.3) is 0 Å². The number of ether oxygens (including phenoxy) is 1. The topological polar surface area (TPSA) is 66.0 Å². The standard InChI is InChI=1S/C12H16N4OS/c1-16-9-14-15-12(16)18-7-6-17-11-4-2-10(8-13)3-5-11/h2-5,9H,6-8,13H2,1H3. The summed E-state index contributed by atoms with van der Waals surface area (Å²) in [6.07, 6.45) is 1.69. The molecule has 0 saturated carbocycles. The van der Waals surface area contributed by atoms with Crippen LogP contribution >= 0.6 is 11.8 Å². The van der Waals surface area contributed by atoms with Crippen molar-refractivity contribution >= 4 is 11.8 Å². The van der Waals surface area contributed by atoms with Crippen LogP contribution in [0.25, 0.3) is 0 Å². The molecule has 0 fully saturated rings. The van der Waals surface area contributed by atoms with Gasteiger partial charge in [-0.3, -0.25) is 0 Å². The number of nitrogens with zero attached hydrogens (tertiary/aromatic N) is 3. The highest BCUT2D eigenvalue weighted by molar-refractivity contribution is 7.99. The van der Waals surface area contributed by atoms with Crippen LogP contribution in [0.5, 0.6) is 5.75 Å². The summed E-state index contributed by atoms with van der Waals surface area (Å²) in [5.74, 6) is 1.70. The molecule has 2 N–H and O–H groups in total. The van der Waals surface area contributed by atoms with Gasteiger partial charge in [0.1, 0.15) is 12.1 Å². The first-order chi connectivity index (χ1) is 8.79. The molecule has 0 bridgehead atoms. The van der Waals surface area contributed by atoms with Crippen LogP contribution in [0.2, 0.25) is 0 Å². The lowest BCUT2D eigenvalue weighted by atomic mass is 10.2. The molecule has 0 saturated heterocycles. The molecular weight excluding hydrogens is 248 g/mol. The molecule has 1 aromatic heterocycles. The Balaban J connectivity index is 1.73. The number of hydrogen-bond acceptors (Lipinski definition) is 5. The van der Waals surface area contributed by atoms with Gasteiger partial charge in [-0.1, -0.05) is 23.9 Å². The van der Waals surface area contributed by atoms with Gasteiger partial charge in [0.2, 0.25) is 0 Å². The molecule has 0 spiro atoms. The third-order valence-corrected chi connectivity index (χ3v) is 3.41. The van der Waals surface area contributed by atoms with Crippen molar-refractivity contribution in [3.8, 4) is 5.75 Å². The summed E-state index contributed by atoms with van der Waals surface area (Å²) in [5.41, 5.74) is 6.64. The van der Waals surface area contributed by atoms with E-state index in [0.717, 1.165) is 22.2 Å². The quantitative estimate of drug-likeness (QED) is 0.632. The third kappa shape index (κ3) is 3.48. The Morgan fingerprint density at radius 1 is 1.33 bits per heavy atom. The van der Waals surface area contributed by atoms with Crippen LogP contribution in [0.15, 0.2) is 35.7 Å². The molecule has 5 nitrogen and oxygen atoms in total. The Kier molecular flexibility index (Phi) is 4.60. The fourth-order valence-corrected chi connectivity index (χ4v) is 2.12. The predicted molar refractivity (Wildman–Crippen MR) is 71.6 cm³/mol. The first kappa shape index (κ1) is 12.9. The number of rotatable bonds is 6. The van der Waals surface area contributed by atoms with Gasteiger partial charge in [0, 0.05) is 19.3 Å². The maximum atomic E-state index is 5.62. The van der Waals surface area contributed by atoms with Crippen molar-refractivity contribution in [2.45, 2.75) is 11.7 Å². The number of aromatic nitrogens is 3. The highest BCUT2D eigenvalue weighted by atomic mass is 32.2. The van der Waals surface area contributed by atoms with E-state index >= 15 is 0 Å². The molecule has 18 heavy (non-hydrogen) atoms. The Labute approximate surface area is 110 Å². The van der Waals surface area contributed by atoms with Crippen molar-refractivity contribution in [2.24, 2.45) is 12.8 Å². The second-order valence-corrected chi connectivity index (χ2v) is 4.83. The zero-order valence-electron chi connectivity index (χ0n) is 10.2. The van der Waals surface area contributed by atoms with Crippen LogP contribution in [0.4, 0.5) is 0 Å². The van der Waals surface area contributed by atoms with Gasteiger partial charge in [0.05, 0.1) is 6.61 Å². The number of nitrogens with two attached hydrogens (primary N) is 1. The van der Waals surface area contributed by atoms with Crippen LogP contribution in [0.1, 0.15) is 5.56 Å². The van der Waals surface area contributed by atoms with Crippen molar-refractivity contribution < 1.29 is 4.74 Å². The van der Waals surface area contributed by atoms with Crippen molar-refractivity contribution in [2.75, 3.05) is 12.4 Å². The highest BCUT2D eigenvalue weighted by Gasteiger charge is 2.01. The second kappa shape index (κ2) is 6.42.